The Bertz CT molecular complexity index is 868. The van der Waals surface area contributed by atoms with Crippen molar-refractivity contribution in [3.63, 3.8) is 0 Å². The molecule has 0 spiro atoms. The van der Waals surface area contributed by atoms with Crippen LogP contribution in [0.4, 0.5) is 0 Å². The predicted molar refractivity (Wildman–Crippen MR) is 86.4 cm³/mol. The van der Waals surface area contributed by atoms with Gasteiger partial charge in [-0.25, -0.2) is 4.79 Å². The SMILES string of the molecule is COc1c(OCc2ccccc2)cc2oc(=O)ccc2c1OC. The maximum Gasteiger partial charge on any atom is 0.336 e. The van der Waals surface area contributed by atoms with Crippen LogP contribution in [0.5, 0.6) is 17.2 Å². The molecular formula is C18H16O5. The van der Waals surface area contributed by atoms with Crippen molar-refractivity contribution < 1.29 is 18.6 Å². The van der Waals surface area contributed by atoms with Crippen molar-refractivity contribution in [1.82, 2.24) is 0 Å². The molecule has 0 amide bonds. The first kappa shape index (κ1) is 15.0. The molecule has 23 heavy (non-hydrogen) atoms. The van der Waals surface area contributed by atoms with Crippen molar-refractivity contribution in [2.24, 2.45) is 0 Å². The highest BCUT2D eigenvalue weighted by Gasteiger charge is 2.18. The Kier molecular flexibility index (Phi) is 4.19. The zero-order valence-electron chi connectivity index (χ0n) is 12.9. The summed E-state index contributed by atoms with van der Waals surface area (Å²) in [4.78, 5) is 11.4. The van der Waals surface area contributed by atoms with Crippen LogP contribution in [0.3, 0.4) is 0 Å². The molecule has 3 rings (SSSR count). The molecule has 118 valence electrons. The fraction of sp³-hybridized carbons (Fsp3) is 0.167. The van der Waals surface area contributed by atoms with E-state index in [4.69, 9.17) is 18.6 Å². The summed E-state index contributed by atoms with van der Waals surface area (Å²) >= 11 is 0. The molecule has 2 aromatic carbocycles. The molecule has 0 unspecified atom stereocenters. The average molecular weight is 312 g/mol. The second-order valence-corrected chi connectivity index (χ2v) is 4.88. The molecule has 0 N–H and O–H groups in total. The smallest absolute Gasteiger partial charge is 0.336 e. The minimum absolute atomic E-state index is 0.364. The van der Waals surface area contributed by atoms with E-state index in [0.717, 1.165) is 5.56 Å². The van der Waals surface area contributed by atoms with Crippen LogP contribution in [0, 0.1) is 0 Å². The number of rotatable bonds is 5. The fourth-order valence-corrected chi connectivity index (χ4v) is 2.38. The lowest BCUT2D eigenvalue weighted by Gasteiger charge is -2.15. The molecule has 0 aliphatic heterocycles. The maximum absolute atomic E-state index is 11.4. The molecule has 1 heterocycles. The summed E-state index contributed by atoms with van der Waals surface area (Å²) in [6.45, 7) is 0.364. The highest BCUT2D eigenvalue weighted by Crippen LogP contribution is 2.43. The van der Waals surface area contributed by atoms with Crippen molar-refractivity contribution in [2.45, 2.75) is 6.61 Å². The quantitative estimate of drug-likeness (QED) is 0.676. The minimum Gasteiger partial charge on any atom is -0.492 e. The number of hydrogen-bond donors (Lipinski definition) is 0. The largest absolute Gasteiger partial charge is 0.492 e. The first-order valence-corrected chi connectivity index (χ1v) is 7.08. The summed E-state index contributed by atoms with van der Waals surface area (Å²) in [6.07, 6.45) is 0. The summed E-state index contributed by atoms with van der Waals surface area (Å²) < 4.78 is 21.9. The van der Waals surface area contributed by atoms with E-state index in [9.17, 15) is 4.79 Å². The number of fused-ring (bicyclic) bond motifs is 1. The standard InChI is InChI=1S/C18H16O5/c1-20-17-13-8-9-16(19)23-14(13)10-15(18(17)21-2)22-11-12-6-4-3-5-7-12/h3-10H,11H2,1-2H3. The highest BCUT2D eigenvalue weighted by atomic mass is 16.5. The molecule has 1 aromatic heterocycles. The summed E-state index contributed by atoms with van der Waals surface area (Å²) in [5.74, 6) is 1.39. The van der Waals surface area contributed by atoms with Gasteiger partial charge in [0.25, 0.3) is 0 Å². The highest BCUT2D eigenvalue weighted by molar-refractivity contribution is 5.88. The van der Waals surface area contributed by atoms with Gasteiger partial charge in [-0.15, -0.1) is 0 Å². The summed E-state index contributed by atoms with van der Waals surface area (Å²) in [5.41, 5.74) is 0.972. The van der Waals surface area contributed by atoms with Crippen molar-refractivity contribution in [2.75, 3.05) is 14.2 Å². The molecule has 3 aromatic rings. The number of hydrogen-bond acceptors (Lipinski definition) is 5. The van der Waals surface area contributed by atoms with E-state index in [0.29, 0.717) is 34.8 Å². The van der Waals surface area contributed by atoms with Crippen molar-refractivity contribution in [3.8, 4) is 17.2 Å². The normalized spacial score (nSPS) is 10.5. The van der Waals surface area contributed by atoms with E-state index in [1.54, 1.807) is 12.1 Å². The van der Waals surface area contributed by atoms with Crippen LogP contribution < -0.4 is 19.8 Å². The Morgan fingerprint density at radius 1 is 0.957 bits per heavy atom. The van der Waals surface area contributed by atoms with Crippen LogP contribution in [-0.2, 0) is 6.61 Å². The van der Waals surface area contributed by atoms with Gasteiger partial charge >= 0.3 is 5.63 Å². The summed E-state index contributed by atoms with van der Waals surface area (Å²) in [6, 6.07) is 14.4. The van der Waals surface area contributed by atoms with Gasteiger partial charge in [-0.1, -0.05) is 30.3 Å². The third-order valence-electron chi connectivity index (χ3n) is 3.44. The first-order valence-electron chi connectivity index (χ1n) is 7.08. The Labute approximate surface area is 133 Å². The van der Waals surface area contributed by atoms with Crippen LogP contribution in [0.1, 0.15) is 5.56 Å². The van der Waals surface area contributed by atoms with Gasteiger partial charge in [-0.2, -0.15) is 0 Å². The first-order chi connectivity index (χ1) is 11.2. The molecule has 0 saturated carbocycles. The molecule has 5 heteroatoms. The van der Waals surface area contributed by atoms with E-state index in [2.05, 4.69) is 0 Å². The Morgan fingerprint density at radius 2 is 1.70 bits per heavy atom. The van der Waals surface area contributed by atoms with E-state index in [-0.39, 0.29) is 0 Å². The lowest BCUT2D eigenvalue weighted by molar-refractivity contribution is 0.276. The number of methoxy groups -OCH3 is 2. The van der Waals surface area contributed by atoms with Crippen molar-refractivity contribution in [3.05, 3.63) is 64.5 Å². The Balaban J connectivity index is 2.06. The van der Waals surface area contributed by atoms with E-state index in [1.165, 1.54) is 20.3 Å². The van der Waals surface area contributed by atoms with Gasteiger partial charge in [-0.3, -0.25) is 0 Å². The third kappa shape index (κ3) is 2.99. The van der Waals surface area contributed by atoms with Gasteiger partial charge in [0.1, 0.15) is 12.2 Å². The van der Waals surface area contributed by atoms with Crippen molar-refractivity contribution in [1.29, 1.82) is 0 Å². The molecule has 0 saturated heterocycles. The Hall–Kier alpha value is -2.95. The maximum atomic E-state index is 11.4. The van der Waals surface area contributed by atoms with Gasteiger partial charge in [0.15, 0.2) is 11.5 Å². The topological polar surface area (TPSA) is 57.9 Å². The zero-order chi connectivity index (χ0) is 16.2. The summed E-state index contributed by atoms with van der Waals surface area (Å²) in [5, 5.41) is 0.649. The molecule has 5 nitrogen and oxygen atoms in total. The van der Waals surface area contributed by atoms with Gasteiger partial charge in [0, 0.05) is 12.1 Å². The van der Waals surface area contributed by atoms with E-state index >= 15 is 0 Å². The third-order valence-corrected chi connectivity index (χ3v) is 3.44. The van der Waals surface area contributed by atoms with E-state index in [1.807, 2.05) is 30.3 Å². The summed E-state index contributed by atoms with van der Waals surface area (Å²) in [7, 11) is 3.07. The zero-order valence-corrected chi connectivity index (χ0v) is 12.9. The minimum atomic E-state index is -0.432. The lowest BCUT2D eigenvalue weighted by atomic mass is 10.2. The predicted octanol–water partition coefficient (Wildman–Crippen LogP) is 3.39. The molecule has 0 aliphatic rings. The van der Waals surface area contributed by atoms with Crippen LogP contribution >= 0.6 is 0 Å². The fourth-order valence-electron chi connectivity index (χ4n) is 2.38. The molecule has 0 aliphatic carbocycles. The molecular weight excluding hydrogens is 296 g/mol. The van der Waals surface area contributed by atoms with Crippen LogP contribution in [-0.4, -0.2) is 14.2 Å². The monoisotopic (exact) mass is 312 g/mol. The molecule has 0 atom stereocenters. The lowest BCUT2D eigenvalue weighted by Crippen LogP contribution is -2.01. The second-order valence-electron chi connectivity index (χ2n) is 4.88. The van der Waals surface area contributed by atoms with Gasteiger partial charge < -0.3 is 18.6 Å². The van der Waals surface area contributed by atoms with Crippen molar-refractivity contribution >= 4 is 11.0 Å². The van der Waals surface area contributed by atoms with E-state index < -0.39 is 5.63 Å². The van der Waals surface area contributed by atoms with Gasteiger partial charge in [0.05, 0.1) is 19.6 Å². The van der Waals surface area contributed by atoms with Crippen LogP contribution in [0.2, 0.25) is 0 Å². The average Bonchev–Trinajstić information content (AvgIpc) is 2.59. The number of ether oxygens (including phenoxy) is 3. The van der Waals surface area contributed by atoms with Crippen LogP contribution in [0.15, 0.2) is 57.7 Å². The molecule has 0 fully saturated rings. The Morgan fingerprint density at radius 3 is 2.39 bits per heavy atom. The molecule has 0 radical (unpaired) electrons. The van der Waals surface area contributed by atoms with Gasteiger partial charge in [0.2, 0.25) is 5.75 Å². The van der Waals surface area contributed by atoms with Crippen LogP contribution in [0.25, 0.3) is 11.0 Å². The second kappa shape index (κ2) is 6.44. The number of benzene rings is 2. The molecule has 0 bridgehead atoms. The van der Waals surface area contributed by atoms with Gasteiger partial charge in [-0.05, 0) is 11.6 Å².